The molecule has 3 aromatic rings. The summed E-state index contributed by atoms with van der Waals surface area (Å²) in [5, 5.41) is 5.20. The van der Waals surface area contributed by atoms with Crippen LogP contribution in [0.4, 0.5) is 5.69 Å². The number of anilines is 1. The van der Waals surface area contributed by atoms with Gasteiger partial charge in [0.2, 0.25) is 0 Å². The molecule has 0 saturated heterocycles. The average molecular weight is 347 g/mol. The largest absolute Gasteiger partial charge is 0.480 e. The summed E-state index contributed by atoms with van der Waals surface area (Å²) in [6.45, 7) is 5.98. The first kappa shape index (κ1) is 18.0. The minimum absolute atomic E-state index is 0.131. The number of rotatable bonds is 6. The SMILES string of the molecule is CCc1cccc(CC)c1NC(=O)C(C)Oc1cccc2ccccc12. The highest BCUT2D eigenvalue weighted by atomic mass is 16.5. The van der Waals surface area contributed by atoms with Crippen molar-refractivity contribution in [2.24, 2.45) is 0 Å². The predicted octanol–water partition coefficient (Wildman–Crippen LogP) is 5.37. The Morgan fingerprint density at radius 1 is 0.923 bits per heavy atom. The molecule has 1 amide bonds. The lowest BCUT2D eigenvalue weighted by Crippen LogP contribution is -2.31. The van der Waals surface area contributed by atoms with Crippen LogP contribution in [-0.4, -0.2) is 12.0 Å². The third kappa shape index (κ3) is 3.72. The second-order valence-electron chi connectivity index (χ2n) is 6.38. The van der Waals surface area contributed by atoms with Crippen LogP contribution in [0, 0.1) is 0 Å². The zero-order valence-corrected chi connectivity index (χ0v) is 15.6. The molecule has 0 bridgehead atoms. The highest BCUT2D eigenvalue weighted by molar-refractivity contribution is 5.96. The van der Waals surface area contributed by atoms with E-state index >= 15 is 0 Å². The molecule has 0 saturated carbocycles. The molecule has 0 aliphatic carbocycles. The van der Waals surface area contributed by atoms with E-state index in [1.807, 2.05) is 48.5 Å². The van der Waals surface area contributed by atoms with Gasteiger partial charge in [-0.3, -0.25) is 4.79 Å². The van der Waals surface area contributed by atoms with E-state index in [2.05, 4.69) is 31.3 Å². The Kier molecular flexibility index (Phi) is 5.57. The first-order valence-electron chi connectivity index (χ1n) is 9.20. The van der Waals surface area contributed by atoms with Crippen LogP contribution in [0.3, 0.4) is 0 Å². The van der Waals surface area contributed by atoms with Gasteiger partial charge in [0.1, 0.15) is 5.75 Å². The summed E-state index contributed by atoms with van der Waals surface area (Å²) in [6.07, 6.45) is 1.17. The topological polar surface area (TPSA) is 38.3 Å². The van der Waals surface area contributed by atoms with Crippen LogP contribution in [0.1, 0.15) is 31.9 Å². The smallest absolute Gasteiger partial charge is 0.265 e. The van der Waals surface area contributed by atoms with Gasteiger partial charge in [-0.15, -0.1) is 0 Å². The van der Waals surface area contributed by atoms with Gasteiger partial charge < -0.3 is 10.1 Å². The zero-order valence-electron chi connectivity index (χ0n) is 15.6. The van der Waals surface area contributed by atoms with Crippen molar-refractivity contribution in [2.75, 3.05) is 5.32 Å². The summed E-state index contributed by atoms with van der Waals surface area (Å²) in [4.78, 5) is 12.8. The van der Waals surface area contributed by atoms with Crippen molar-refractivity contribution in [1.29, 1.82) is 0 Å². The molecule has 3 nitrogen and oxygen atoms in total. The number of aryl methyl sites for hydroxylation is 2. The lowest BCUT2D eigenvalue weighted by molar-refractivity contribution is -0.122. The molecule has 0 aliphatic rings. The third-order valence-corrected chi connectivity index (χ3v) is 4.67. The monoisotopic (exact) mass is 347 g/mol. The Bertz CT molecular complexity index is 889. The van der Waals surface area contributed by atoms with Crippen molar-refractivity contribution in [3.63, 3.8) is 0 Å². The van der Waals surface area contributed by atoms with E-state index in [1.165, 1.54) is 0 Å². The van der Waals surface area contributed by atoms with E-state index in [-0.39, 0.29) is 5.91 Å². The molecule has 3 rings (SSSR count). The van der Waals surface area contributed by atoms with Crippen molar-refractivity contribution < 1.29 is 9.53 Å². The van der Waals surface area contributed by atoms with Crippen molar-refractivity contribution >= 4 is 22.4 Å². The summed E-state index contributed by atoms with van der Waals surface area (Å²) in [5.41, 5.74) is 3.22. The third-order valence-electron chi connectivity index (χ3n) is 4.67. The van der Waals surface area contributed by atoms with Crippen molar-refractivity contribution in [1.82, 2.24) is 0 Å². The van der Waals surface area contributed by atoms with Gasteiger partial charge in [0, 0.05) is 11.1 Å². The van der Waals surface area contributed by atoms with E-state index in [4.69, 9.17) is 4.74 Å². The second-order valence-corrected chi connectivity index (χ2v) is 6.38. The maximum atomic E-state index is 12.8. The Morgan fingerprint density at radius 3 is 2.23 bits per heavy atom. The van der Waals surface area contributed by atoms with Gasteiger partial charge in [0.05, 0.1) is 0 Å². The fourth-order valence-corrected chi connectivity index (χ4v) is 3.17. The van der Waals surface area contributed by atoms with E-state index in [9.17, 15) is 4.79 Å². The molecule has 0 aliphatic heterocycles. The summed E-state index contributed by atoms with van der Waals surface area (Å²) in [7, 11) is 0. The van der Waals surface area contributed by atoms with Crippen LogP contribution in [-0.2, 0) is 17.6 Å². The van der Waals surface area contributed by atoms with Crippen LogP contribution in [0.2, 0.25) is 0 Å². The summed E-state index contributed by atoms with van der Waals surface area (Å²) >= 11 is 0. The molecule has 1 N–H and O–H groups in total. The molecule has 26 heavy (non-hydrogen) atoms. The fraction of sp³-hybridized carbons (Fsp3) is 0.261. The van der Waals surface area contributed by atoms with Crippen LogP contribution in [0.15, 0.2) is 60.7 Å². The number of carbonyl (C=O) groups excluding carboxylic acids is 1. The summed E-state index contributed by atoms with van der Waals surface area (Å²) < 4.78 is 6.00. The molecule has 3 heteroatoms. The molecular formula is C23H25NO2. The second kappa shape index (κ2) is 8.05. The van der Waals surface area contributed by atoms with Gasteiger partial charge in [-0.05, 0) is 42.3 Å². The molecule has 1 unspecified atom stereocenters. The number of ether oxygens (including phenoxy) is 1. The first-order chi connectivity index (χ1) is 12.6. The Morgan fingerprint density at radius 2 is 1.54 bits per heavy atom. The first-order valence-corrected chi connectivity index (χ1v) is 9.20. The lowest BCUT2D eigenvalue weighted by atomic mass is 10.0. The maximum Gasteiger partial charge on any atom is 0.265 e. The molecule has 0 fully saturated rings. The summed E-state index contributed by atoms with van der Waals surface area (Å²) in [5.74, 6) is 0.596. The van der Waals surface area contributed by atoms with Gasteiger partial charge in [0.15, 0.2) is 6.10 Å². The molecule has 1 atom stereocenters. The number of carbonyl (C=O) groups is 1. The van der Waals surface area contributed by atoms with Gasteiger partial charge >= 0.3 is 0 Å². The Hall–Kier alpha value is -2.81. The summed E-state index contributed by atoms with van der Waals surface area (Å²) in [6, 6.07) is 20.1. The van der Waals surface area contributed by atoms with Crippen molar-refractivity contribution in [2.45, 2.75) is 39.7 Å². The van der Waals surface area contributed by atoms with Crippen LogP contribution < -0.4 is 10.1 Å². The molecule has 0 heterocycles. The quantitative estimate of drug-likeness (QED) is 0.651. The Labute approximate surface area is 155 Å². The number of nitrogens with one attached hydrogen (secondary N) is 1. The number of amides is 1. The Balaban J connectivity index is 1.81. The van der Waals surface area contributed by atoms with Crippen LogP contribution in [0.25, 0.3) is 10.8 Å². The van der Waals surface area contributed by atoms with Crippen molar-refractivity contribution in [3.05, 3.63) is 71.8 Å². The lowest BCUT2D eigenvalue weighted by Gasteiger charge is -2.19. The van der Waals surface area contributed by atoms with E-state index in [0.29, 0.717) is 0 Å². The minimum atomic E-state index is -0.588. The normalized spacial score (nSPS) is 12.0. The standard InChI is InChI=1S/C23H25NO2/c1-4-17-11-8-12-18(5-2)22(17)24-23(25)16(3)26-21-15-9-13-19-10-6-7-14-20(19)21/h6-16H,4-5H2,1-3H3,(H,24,25). The predicted molar refractivity (Wildman–Crippen MR) is 108 cm³/mol. The van der Waals surface area contributed by atoms with Gasteiger partial charge in [0.25, 0.3) is 5.91 Å². The van der Waals surface area contributed by atoms with E-state index < -0.39 is 6.10 Å². The molecule has 0 spiro atoms. The van der Waals surface area contributed by atoms with Gasteiger partial charge in [-0.2, -0.15) is 0 Å². The number of fused-ring (bicyclic) bond motifs is 1. The molecule has 0 aromatic heterocycles. The number of benzene rings is 3. The maximum absolute atomic E-state index is 12.8. The number of hydrogen-bond donors (Lipinski definition) is 1. The number of hydrogen-bond acceptors (Lipinski definition) is 2. The van der Waals surface area contributed by atoms with Crippen molar-refractivity contribution in [3.8, 4) is 5.75 Å². The highest BCUT2D eigenvalue weighted by Crippen LogP contribution is 2.27. The fourth-order valence-electron chi connectivity index (χ4n) is 3.17. The minimum Gasteiger partial charge on any atom is -0.480 e. The van der Waals surface area contributed by atoms with Gasteiger partial charge in [-0.25, -0.2) is 0 Å². The molecule has 134 valence electrons. The average Bonchev–Trinajstić information content (AvgIpc) is 2.68. The highest BCUT2D eigenvalue weighted by Gasteiger charge is 2.18. The number of para-hydroxylation sites is 1. The zero-order chi connectivity index (χ0) is 18.5. The molecule has 0 radical (unpaired) electrons. The van der Waals surface area contributed by atoms with E-state index in [1.54, 1.807) is 6.92 Å². The van der Waals surface area contributed by atoms with Crippen LogP contribution in [0.5, 0.6) is 5.75 Å². The van der Waals surface area contributed by atoms with Crippen LogP contribution >= 0.6 is 0 Å². The van der Waals surface area contributed by atoms with E-state index in [0.717, 1.165) is 46.2 Å². The molecule has 3 aromatic carbocycles. The van der Waals surface area contributed by atoms with Gasteiger partial charge in [-0.1, -0.05) is 68.4 Å². The molecular weight excluding hydrogens is 322 g/mol.